The van der Waals surface area contributed by atoms with Crippen molar-refractivity contribution in [1.29, 1.82) is 0 Å². The van der Waals surface area contributed by atoms with E-state index in [2.05, 4.69) is 16.0 Å². The molecule has 1 aromatic carbocycles. The molecule has 1 saturated carbocycles. The first-order valence-electron chi connectivity index (χ1n) is 9.09. The zero-order valence-corrected chi connectivity index (χ0v) is 17.0. The van der Waals surface area contributed by atoms with Crippen molar-refractivity contribution in [3.8, 4) is 0 Å². The first kappa shape index (κ1) is 21.5. The maximum absolute atomic E-state index is 12.5. The summed E-state index contributed by atoms with van der Waals surface area (Å²) < 4.78 is 0. The molecule has 8 heteroatoms. The second-order valence-corrected chi connectivity index (χ2v) is 7.98. The summed E-state index contributed by atoms with van der Waals surface area (Å²) in [7, 11) is 0. The summed E-state index contributed by atoms with van der Waals surface area (Å²) in [6, 6.07) is 3.89. The summed E-state index contributed by atoms with van der Waals surface area (Å²) in [5.41, 5.74) is 0.263. The molecule has 1 aromatic rings. The zero-order valence-electron chi connectivity index (χ0n) is 15.5. The number of benzene rings is 1. The van der Waals surface area contributed by atoms with Crippen LogP contribution in [0.4, 0.5) is 0 Å². The van der Waals surface area contributed by atoms with Crippen LogP contribution in [0.3, 0.4) is 0 Å². The minimum Gasteiger partial charge on any atom is -0.354 e. The van der Waals surface area contributed by atoms with E-state index in [-0.39, 0.29) is 34.2 Å². The molecule has 1 atom stereocenters. The van der Waals surface area contributed by atoms with Crippen molar-refractivity contribution in [3.05, 3.63) is 33.8 Å². The monoisotopic (exact) mass is 413 g/mol. The quantitative estimate of drug-likeness (QED) is 0.543. The van der Waals surface area contributed by atoms with E-state index in [1.165, 1.54) is 12.1 Å². The van der Waals surface area contributed by atoms with Gasteiger partial charge in [0.15, 0.2) is 0 Å². The molecule has 1 fully saturated rings. The van der Waals surface area contributed by atoms with Gasteiger partial charge in [0.25, 0.3) is 5.91 Å². The molecule has 0 spiro atoms. The highest BCUT2D eigenvalue weighted by Gasteiger charge is 2.29. The van der Waals surface area contributed by atoms with Crippen molar-refractivity contribution in [2.45, 2.75) is 39.2 Å². The molecule has 148 valence electrons. The van der Waals surface area contributed by atoms with Gasteiger partial charge in [0, 0.05) is 24.0 Å². The lowest BCUT2D eigenvalue weighted by Gasteiger charge is -2.20. The van der Waals surface area contributed by atoms with Gasteiger partial charge in [-0.25, -0.2) is 0 Å². The molecule has 0 radical (unpaired) electrons. The highest BCUT2D eigenvalue weighted by atomic mass is 35.5. The SMILES string of the molecule is CC(C)CC(NC(=O)c1ccc(Cl)cc1Cl)C(=O)NCCNC(=O)C1CC1. The number of carbonyl (C=O) groups excluding carboxylic acids is 3. The Morgan fingerprint density at radius 2 is 1.78 bits per heavy atom. The molecular formula is C19H25Cl2N3O3. The first-order chi connectivity index (χ1) is 12.8. The largest absolute Gasteiger partial charge is 0.354 e. The van der Waals surface area contributed by atoms with Crippen LogP contribution in [-0.4, -0.2) is 36.9 Å². The lowest BCUT2D eigenvalue weighted by Crippen LogP contribution is -2.49. The van der Waals surface area contributed by atoms with E-state index in [0.717, 1.165) is 12.8 Å². The number of amides is 3. The fourth-order valence-electron chi connectivity index (χ4n) is 2.60. The van der Waals surface area contributed by atoms with Gasteiger partial charge in [0.2, 0.25) is 11.8 Å². The van der Waals surface area contributed by atoms with Gasteiger partial charge in [-0.15, -0.1) is 0 Å². The van der Waals surface area contributed by atoms with E-state index >= 15 is 0 Å². The lowest BCUT2D eigenvalue weighted by atomic mass is 10.0. The second kappa shape index (κ2) is 9.95. The summed E-state index contributed by atoms with van der Waals surface area (Å²) in [5.74, 6) is -0.343. The predicted molar refractivity (Wildman–Crippen MR) is 106 cm³/mol. The molecule has 0 heterocycles. The van der Waals surface area contributed by atoms with Crippen LogP contribution in [-0.2, 0) is 9.59 Å². The van der Waals surface area contributed by atoms with Crippen LogP contribution < -0.4 is 16.0 Å². The summed E-state index contributed by atoms with van der Waals surface area (Å²) in [4.78, 5) is 36.6. The van der Waals surface area contributed by atoms with E-state index < -0.39 is 11.9 Å². The first-order valence-corrected chi connectivity index (χ1v) is 9.85. The minimum atomic E-state index is -0.691. The van der Waals surface area contributed by atoms with Crippen molar-refractivity contribution < 1.29 is 14.4 Å². The van der Waals surface area contributed by atoms with E-state index in [9.17, 15) is 14.4 Å². The summed E-state index contributed by atoms with van der Waals surface area (Å²) in [6.45, 7) is 4.62. The van der Waals surface area contributed by atoms with Gasteiger partial charge in [-0.1, -0.05) is 37.0 Å². The Hall–Kier alpha value is -1.79. The average Bonchev–Trinajstić information content (AvgIpc) is 3.42. The van der Waals surface area contributed by atoms with Crippen LogP contribution in [0.5, 0.6) is 0 Å². The molecule has 3 amide bonds. The Balaban J connectivity index is 1.89. The van der Waals surface area contributed by atoms with Crippen LogP contribution >= 0.6 is 23.2 Å². The summed E-state index contributed by atoms with van der Waals surface area (Å²) in [6.07, 6.45) is 2.36. The Morgan fingerprint density at radius 1 is 1.11 bits per heavy atom. The van der Waals surface area contributed by atoms with Crippen molar-refractivity contribution in [2.24, 2.45) is 11.8 Å². The van der Waals surface area contributed by atoms with Crippen LogP contribution in [0.25, 0.3) is 0 Å². The van der Waals surface area contributed by atoms with Gasteiger partial charge >= 0.3 is 0 Å². The molecule has 1 aliphatic rings. The highest BCUT2D eigenvalue weighted by molar-refractivity contribution is 6.36. The molecular weight excluding hydrogens is 389 g/mol. The molecule has 3 N–H and O–H groups in total. The molecule has 6 nitrogen and oxygen atoms in total. The van der Waals surface area contributed by atoms with Crippen LogP contribution in [0, 0.1) is 11.8 Å². The third-order valence-electron chi connectivity index (χ3n) is 4.18. The third kappa shape index (κ3) is 7.03. The maximum Gasteiger partial charge on any atom is 0.253 e. The Labute approximate surface area is 169 Å². The van der Waals surface area contributed by atoms with Gasteiger partial charge in [-0.05, 0) is 43.4 Å². The highest BCUT2D eigenvalue weighted by Crippen LogP contribution is 2.28. The maximum atomic E-state index is 12.5. The number of halogens is 2. The molecule has 0 aliphatic heterocycles. The Morgan fingerprint density at radius 3 is 2.37 bits per heavy atom. The van der Waals surface area contributed by atoms with Crippen LogP contribution in [0.1, 0.15) is 43.5 Å². The van der Waals surface area contributed by atoms with E-state index in [1.807, 2.05) is 13.8 Å². The van der Waals surface area contributed by atoms with Crippen molar-refractivity contribution in [3.63, 3.8) is 0 Å². The zero-order chi connectivity index (χ0) is 20.0. The standard InChI is InChI=1S/C19H25Cl2N3O3/c1-11(2)9-16(19(27)23-8-7-22-17(25)12-3-4-12)24-18(26)14-6-5-13(20)10-15(14)21/h5-6,10-12,16H,3-4,7-9H2,1-2H3,(H,22,25)(H,23,27)(H,24,26). The number of nitrogens with one attached hydrogen (secondary N) is 3. The molecule has 2 rings (SSSR count). The fourth-order valence-corrected chi connectivity index (χ4v) is 3.09. The van der Waals surface area contributed by atoms with Crippen molar-refractivity contribution in [2.75, 3.05) is 13.1 Å². The summed E-state index contributed by atoms with van der Waals surface area (Å²) >= 11 is 11.9. The average molecular weight is 414 g/mol. The van der Waals surface area contributed by atoms with E-state index in [0.29, 0.717) is 24.5 Å². The number of rotatable bonds is 9. The fraction of sp³-hybridized carbons (Fsp3) is 0.526. The van der Waals surface area contributed by atoms with E-state index in [4.69, 9.17) is 23.2 Å². The van der Waals surface area contributed by atoms with Gasteiger partial charge in [0.05, 0.1) is 10.6 Å². The predicted octanol–water partition coefficient (Wildman–Crippen LogP) is 2.78. The summed E-state index contributed by atoms with van der Waals surface area (Å²) in [5, 5.41) is 8.95. The Bertz CT molecular complexity index is 705. The van der Waals surface area contributed by atoms with Gasteiger partial charge < -0.3 is 16.0 Å². The Kier molecular flexibility index (Phi) is 7.92. The normalized spacial score (nSPS) is 14.6. The molecule has 0 aromatic heterocycles. The number of hydrogen-bond acceptors (Lipinski definition) is 3. The molecule has 0 bridgehead atoms. The molecule has 1 aliphatic carbocycles. The lowest BCUT2D eigenvalue weighted by molar-refractivity contribution is -0.124. The third-order valence-corrected chi connectivity index (χ3v) is 4.72. The van der Waals surface area contributed by atoms with E-state index in [1.54, 1.807) is 6.07 Å². The second-order valence-electron chi connectivity index (χ2n) is 7.14. The van der Waals surface area contributed by atoms with Crippen LogP contribution in [0.15, 0.2) is 18.2 Å². The van der Waals surface area contributed by atoms with Crippen molar-refractivity contribution >= 4 is 40.9 Å². The van der Waals surface area contributed by atoms with Gasteiger partial charge in [-0.2, -0.15) is 0 Å². The van der Waals surface area contributed by atoms with Gasteiger partial charge in [0.1, 0.15) is 6.04 Å². The number of carbonyl (C=O) groups is 3. The van der Waals surface area contributed by atoms with Crippen molar-refractivity contribution in [1.82, 2.24) is 16.0 Å². The smallest absolute Gasteiger partial charge is 0.253 e. The number of hydrogen-bond donors (Lipinski definition) is 3. The topological polar surface area (TPSA) is 87.3 Å². The minimum absolute atomic E-state index is 0.0358. The molecule has 0 saturated heterocycles. The molecule has 27 heavy (non-hydrogen) atoms. The van der Waals surface area contributed by atoms with Gasteiger partial charge in [-0.3, -0.25) is 14.4 Å². The van der Waals surface area contributed by atoms with Crippen LogP contribution in [0.2, 0.25) is 10.0 Å². The molecule has 1 unspecified atom stereocenters.